The Balaban J connectivity index is 1.39. The Bertz CT molecular complexity index is 754. The summed E-state index contributed by atoms with van der Waals surface area (Å²) >= 11 is 0. The summed E-state index contributed by atoms with van der Waals surface area (Å²) in [5.41, 5.74) is 2.13. The zero-order valence-electron chi connectivity index (χ0n) is 15.6. The van der Waals surface area contributed by atoms with Crippen molar-refractivity contribution in [1.29, 1.82) is 0 Å². The van der Waals surface area contributed by atoms with Crippen molar-refractivity contribution < 1.29 is 14.3 Å². The summed E-state index contributed by atoms with van der Waals surface area (Å²) in [6.07, 6.45) is 4.81. The molecule has 2 aromatic rings. The van der Waals surface area contributed by atoms with Gasteiger partial charge in [-0.2, -0.15) is 0 Å². The fourth-order valence-corrected chi connectivity index (χ4v) is 3.10. The van der Waals surface area contributed by atoms with Crippen LogP contribution in [0.4, 0.5) is 0 Å². The fourth-order valence-electron chi connectivity index (χ4n) is 3.10. The summed E-state index contributed by atoms with van der Waals surface area (Å²) in [6, 6.07) is 11.4. The molecule has 6 nitrogen and oxygen atoms in total. The third-order valence-electron chi connectivity index (χ3n) is 4.79. The Hall–Kier alpha value is -2.89. The molecule has 0 saturated carbocycles. The maximum Gasteiger partial charge on any atom is 0.260 e. The lowest BCUT2D eigenvalue weighted by molar-refractivity contribution is -0.137. The molecule has 142 valence electrons. The van der Waals surface area contributed by atoms with Crippen LogP contribution < -0.4 is 10.1 Å². The number of aromatic nitrogens is 1. The van der Waals surface area contributed by atoms with E-state index in [1.54, 1.807) is 17.3 Å². The molecule has 3 rings (SSSR count). The van der Waals surface area contributed by atoms with E-state index in [1.165, 1.54) is 0 Å². The van der Waals surface area contributed by atoms with E-state index in [9.17, 15) is 9.59 Å². The molecule has 0 atom stereocenters. The standard InChI is InChI=1S/C21H25N3O3/c1-16-4-6-19(7-5-16)27-15-20(25)24-11-8-18(9-12-24)21(26)23-14-17-3-2-10-22-13-17/h2-7,10,13,18H,8-9,11-12,14-15H2,1H3,(H,23,26). The Morgan fingerprint density at radius 1 is 1.19 bits per heavy atom. The molecule has 1 fully saturated rings. The van der Waals surface area contributed by atoms with Crippen molar-refractivity contribution in [3.63, 3.8) is 0 Å². The number of pyridine rings is 1. The van der Waals surface area contributed by atoms with E-state index < -0.39 is 0 Å². The van der Waals surface area contributed by atoms with E-state index >= 15 is 0 Å². The van der Waals surface area contributed by atoms with E-state index in [4.69, 9.17) is 4.74 Å². The van der Waals surface area contributed by atoms with Gasteiger partial charge in [0.05, 0.1) is 0 Å². The van der Waals surface area contributed by atoms with Gasteiger partial charge < -0.3 is 15.0 Å². The Kier molecular flexibility index (Phi) is 6.41. The van der Waals surface area contributed by atoms with E-state index in [0.29, 0.717) is 38.2 Å². The first kappa shape index (κ1) is 18.9. The normalized spacial score (nSPS) is 14.6. The van der Waals surface area contributed by atoms with Gasteiger partial charge >= 0.3 is 0 Å². The third-order valence-corrected chi connectivity index (χ3v) is 4.79. The molecular formula is C21H25N3O3. The number of hydrogen-bond acceptors (Lipinski definition) is 4. The quantitative estimate of drug-likeness (QED) is 0.851. The molecule has 1 aromatic carbocycles. The average molecular weight is 367 g/mol. The molecule has 0 bridgehead atoms. The van der Waals surface area contributed by atoms with Gasteiger partial charge in [0.15, 0.2) is 6.61 Å². The molecule has 0 radical (unpaired) electrons. The lowest BCUT2D eigenvalue weighted by Crippen LogP contribution is -2.44. The second-order valence-electron chi connectivity index (χ2n) is 6.84. The zero-order valence-corrected chi connectivity index (χ0v) is 15.6. The topological polar surface area (TPSA) is 71.5 Å². The fraction of sp³-hybridized carbons (Fsp3) is 0.381. The predicted octanol–water partition coefficient (Wildman–Crippen LogP) is 2.32. The minimum absolute atomic E-state index is 0.0287. The second-order valence-corrected chi connectivity index (χ2v) is 6.84. The van der Waals surface area contributed by atoms with Crippen molar-refractivity contribution in [3.8, 4) is 5.75 Å². The van der Waals surface area contributed by atoms with Crippen molar-refractivity contribution in [1.82, 2.24) is 15.2 Å². The number of amides is 2. The summed E-state index contributed by atoms with van der Waals surface area (Å²) in [5, 5.41) is 2.96. The molecule has 0 spiro atoms. The largest absolute Gasteiger partial charge is 0.484 e. The number of nitrogens with one attached hydrogen (secondary N) is 1. The van der Waals surface area contributed by atoms with Crippen LogP contribution in [-0.2, 0) is 16.1 Å². The van der Waals surface area contributed by atoms with Gasteiger partial charge in [-0.25, -0.2) is 0 Å². The molecule has 0 aliphatic carbocycles. The highest BCUT2D eigenvalue weighted by atomic mass is 16.5. The number of carbonyl (C=O) groups is 2. The van der Waals surface area contributed by atoms with Crippen LogP contribution in [0.25, 0.3) is 0 Å². The lowest BCUT2D eigenvalue weighted by atomic mass is 9.96. The average Bonchev–Trinajstić information content (AvgIpc) is 2.72. The monoisotopic (exact) mass is 367 g/mol. The van der Waals surface area contributed by atoms with E-state index in [2.05, 4.69) is 10.3 Å². The van der Waals surface area contributed by atoms with E-state index in [-0.39, 0.29) is 24.3 Å². The number of nitrogens with zero attached hydrogens (tertiary/aromatic N) is 2. The highest BCUT2D eigenvalue weighted by Crippen LogP contribution is 2.18. The molecule has 1 N–H and O–H groups in total. The van der Waals surface area contributed by atoms with Crippen molar-refractivity contribution in [3.05, 3.63) is 59.9 Å². The molecule has 2 amide bonds. The van der Waals surface area contributed by atoms with Gasteiger partial charge in [-0.3, -0.25) is 14.6 Å². The van der Waals surface area contributed by atoms with Crippen LogP contribution in [0.3, 0.4) is 0 Å². The number of benzene rings is 1. The van der Waals surface area contributed by atoms with Crippen LogP contribution in [0.5, 0.6) is 5.75 Å². The highest BCUT2D eigenvalue weighted by molar-refractivity contribution is 5.80. The molecule has 6 heteroatoms. The first-order chi connectivity index (χ1) is 13.1. The number of piperidine rings is 1. The summed E-state index contributed by atoms with van der Waals surface area (Å²) in [7, 11) is 0. The second kappa shape index (κ2) is 9.16. The number of carbonyl (C=O) groups excluding carboxylic acids is 2. The minimum Gasteiger partial charge on any atom is -0.484 e. The van der Waals surface area contributed by atoms with Crippen molar-refractivity contribution in [2.75, 3.05) is 19.7 Å². The molecular weight excluding hydrogens is 342 g/mol. The van der Waals surface area contributed by atoms with Crippen molar-refractivity contribution in [2.24, 2.45) is 5.92 Å². The smallest absolute Gasteiger partial charge is 0.260 e. The van der Waals surface area contributed by atoms with Crippen LogP contribution >= 0.6 is 0 Å². The maximum atomic E-state index is 12.3. The molecule has 1 aliphatic heterocycles. The number of rotatable bonds is 6. The minimum atomic E-state index is -0.0521. The van der Waals surface area contributed by atoms with Gasteiger partial charge in [0.1, 0.15) is 5.75 Å². The summed E-state index contributed by atoms with van der Waals surface area (Å²) in [5.74, 6) is 0.647. The van der Waals surface area contributed by atoms with Gasteiger partial charge in [-0.1, -0.05) is 23.8 Å². The molecule has 1 aliphatic rings. The van der Waals surface area contributed by atoms with Gasteiger partial charge in [-0.05, 0) is 43.5 Å². The van der Waals surface area contributed by atoms with Crippen LogP contribution in [-0.4, -0.2) is 41.4 Å². The van der Waals surface area contributed by atoms with Crippen LogP contribution in [0.15, 0.2) is 48.8 Å². The molecule has 1 aromatic heterocycles. The van der Waals surface area contributed by atoms with Gasteiger partial charge in [0, 0.05) is 37.9 Å². The van der Waals surface area contributed by atoms with Gasteiger partial charge in [0.25, 0.3) is 5.91 Å². The van der Waals surface area contributed by atoms with E-state index in [1.807, 2.05) is 43.3 Å². The lowest BCUT2D eigenvalue weighted by Gasteiger charge is -2.31. The third kappa shape index (κ3) is 5.54. The first-order valence-corrected chi connectivity index (χ1v) is 9.25. The Labute approximate surface area is 159 Å². The molecule has 2 heterocycles. The summed E-state index contributed by atoms with van der Waals surface area (Å²) < 4.78 is 5.56. The van der Waals surface area contributed by atoms with Gasteiger partial charge in [0.2, 0.25) is 5.91 Å². The summed E-state index contributed by atoms with van der Waals surface area (Å²) in [4.78, 5) is 30.5. The predicted molar refractivity (Wildman–Crippen MR) is 102 cm³/mol. The molecule has 27 heavy (non-hydrogen) atoms. The summed E-state index contributed by atoms with van der Waals surface area (Å²) in [6.45, 7) is 3.69. The van der Waals surface area contributed by atoms with Crippen LogP contribution in [0.1, 0.15) is 24.0 Å². The number of hydrogen-bond donors (Lipinski definition) is 1. The Morgan fingerprint density at radius 3 is 2.59 bits per heavy atom. The number of aryl methyl sites for hydroxylation is 1. The molecule has 1 saturated heterocycles. The highest BCUT2D eigenvalue weighted by Gasteiger charge is 2.27. The SMILES string of the molecule is Cc1ccc(OCC(=O)N2CCC(C(=O)NCc3cccnc3)CC2)cc1. The van der Waals surface area contributed by atoms with Crippen molar-refractivity contribution in [2.45, 2.75) is 26.3 Å². The van der Waals surface area contributed by atoms with E-state index in [0.717, 1.165) is 11.1 Å². The zero-order chi connectivity index (χ0) is 19.1. The van der Waals surface area contributed by atoms with Crippen LogP contribution in [0, 0.1) is 12.8 Å². The number of ether oxygens (including phenoxy) is 1. The van der Waals surface area contributed by atoms with Crippen molar-refractivity contribution >= 4 is 11.8 Å². The maximum absolute atomic E-state index is 12.3. The first-order valence-electron chi connectivity index (χ1n) is 9.25. The molecule has 0 unspecified atom stereocenters. The van der Waals surface area contributed by atoms with Gasteiger partial charge in [-0.15, -0.1) is 0 Å². The Morgan fingerprint density at radius 2 is 1.93 bits per heavy atom. The van der Waals surface area contributed by atoms with Crippen LogP contribution in [0.2, 0.25) is 0 Å². The number of likely N-dealkylation sites (tertiary alicyclic amines) is 1.